The number of aliphatic hydroxyl groups is 1. The molecular formula is C16H25N3O2. The van der Waals surface area contributed by atoms with Gasteiger partial charge in [-0.25, -0.2) is 0 Å². The number of hydrogen-bond acceptors (Lipinski definition) is 4. The SMILES string of the molecule is Cc1ccc(N)cc1NC(=O)CCN1CCC(C)C(O)C1. The lowest BCUT2D eigenvalue weighted by molar-refractivity contribution is -0.116. The van der Waals surface area contributed by atoms with Crippen LogP contribution in [0.15, 0.2) is 18.2 Å². The Bertz CT molecular complexity index is 504. The van der Waals surface area contributed by atoms with Crippen molar-refractivity contribution in [3.05, 3.63) is 23.8 Å². The van der Waals surface area contributed by atoms with Crippen LogP contribution in [0.2, 0.25) is 0 Å². The number of nitrogens with one attached hydrogen (secondary N) is 1. The molecule has 1 fully saturated rings. The molecule has 5 nitrogen and oxygen atoms in total. The third-order valence-corrected chi connectivity index (χ3v) is 4.19. The molecular weight excluding hydrogens is 266 g/mol. The van der Waals surface area contributed by atoms with E-state index in [1.54, 1.807) is 6.07 Å². The Morgan fingerprint density at radius 3 is 3.00 bits per heavy atom. The first-order chi connectivity index (χ1) is 9.95. The number of carbonyl (C=O) groups excluding carboxylic acids is 1. The lowest BCUT2D eigenvalue weighted by Gasteiger charge is -2.34. The van der Waals surface area contributed by atoms with Gasteiger partial charge in [0.05, 0.1) is 6.10 Å². The molecule has 1 heterocycles. The number of nitrogen functional groups attached to an aromatic ring is 1. The molecule has 21 heavy (non-hydrogen) atoms. The number of nitrogens with zero attached hydrogens (tertiary/aromatic N) is 1. The van der Waals surface area contributed by atoms with E-state index < -0.39 is 0 Å². The van der Waals surface area contributed by atoms with Crippen LogP contribution in [0.25, 0.3) is 0 Å². The van der Waals surface area contributed by atoms with Gasteiger partial charge in [0.25, 0.3) is 0 Å². The van der Waals surface area contributed by atoms with Gasteiger partial charge in [0.2, 0.25) is 5.91 Å². The van der Waals surface area contributed by atoms with Gasteiger partial charge in [-0.15, -0.1) is 0 Å². The summed E-state index contributed by atoms with van der Waals surface area (Å²) in [5, 5.41) is 12.8. The molecule has 1 aliphatic heterocycles. The predicted molar refractivity (Wildman–Crippen MR) is 85.1 cm³/mol. The molecule has 4 N–H and O–H groups in total. The maximum Gasteiger partial charge on any atom is 0.225 e. The molecule has 1 aliphatic rings. The first-order valence-corrected chi connectivity index (χ1v) is 7.52. The standard InChI is InChI=1S/C16H25N3O2/c1-11-3-4-13(17)9-14(11)18-16(21)6-8-19-7-5-12(2)15(20)10-19/h3-4,9,12,15,20H,5-8,10,17H2,1-2H3,(H,18,21). The van der Waals surface area contributed by atoms with Crippen molar-refractivity contribution < 1.29 is 9.90 Å². The Labute approximate surface area is 126 Å². The number of carbonyl (C=O) groups is 1. The zero-order chi connectivity index (χ0) is 15.4. The molecule has 116 valence electrons. The van der Waals surface area contributed by atoms with E-state index in [4.69, 9.17) is 5.73 Å². The summed E-state index contributed by atoms with van der Waals surface area (Å²) in [6, 6.07) is 5.49. The Morgan fingerprint density at radius 2 is 2.29 bits per heavy atom. The van der Waals surface area contributed by atoms with Crippen molar-refractivity contribution in [3.8, 4) is 0 Å². The average molecular weight is 291 g/mol. The lowest BCUT2D eigenvalue weighted by Crippen LogP contribution is -2.43. The van der Waals surface area contributed by atoms with E-state index in [0.29, 0.717) is 31.1 Å². The van der Waals surface area contributed by atoms with Crippen molar-refractivity contribution in [2.75, 3.05) is 30.7 Å². The molecule has 0 aromatic heterocycles. The van der Waals surface area contributed by atoms with Gasteiger partial charge >= 0.3 is 0 Å². The van der Waals surface area contributed by atoms with Gasteiger partial charge < -0.3 is 21.1 Å². The summed E-state index contributed by atoms with van der Waals surface area (Å²) in [5.74, 6) is 0.335. The van der Waals surface area contributed by atoms with Crippen LogP contribution in [0.5, 0.6) is 0 Å². The fraction of sp³-hybridized carbons (Fsp3) is 0.562. The molecule has 2 rings (SSSR count). The number of aryl methyl sites for hydroxylation is 1. The second-order valence-corrected chi connectivity index (χ2v) is 6.01. The molecule has 0 radical (unpaired) electrons. The van der Waals surface area contributed by atoms with Crippen LogP contribution in [-0.4, -0.2) is 41.7 Å². The fourth-order valence-corrected chi connectivity index (χ4v) is 2.56. The molecule has 1 aromatic rings. The lowest BCUT2D eigenvalue weighted by atomic mass is 9.96. The van der Waals surface area contributed by atoms with E-state index in [1.165, 1.54) is 0 Å². The quantitative estimate of drug-likeness (QED) is 0.736. The maximum atomic E-state index is 12.0. The van der Waals surface area contributed by atoms with Crippen molar-refractivity contribution in [3.63, 3.8) is 0 Å². The Balaban J connectivity index is 1.81. The van der Waals surface area contributed by atoms with E-state index >= 15 is 0 Å². The maximum absolute atomic E-state index is 12.0. The largest absolute Gasteiger partial charge is 0.399 e. The number of hydrogen-bond donors (Lipinski definition) is 3. The van der Waals surface area contributed by atoms with Gasteiger partial charge in [0, 0.05) is 30.9 Å². The normalized spacial score (nSPS) is 23.0. The average Bonchev–Trinajstić information content (AvgIpc) is 2.44. The van der Waals surface area contributed by atoms with E-state index in [9.17, 15) is 9.90 Å². The smallest absolute Gasteiger partial charge is 0.225 e. The number of aliphatic hydroxyl groups excluding tert-OH is 1. The summed E-state index contributed by atoms with van der Waals surface area (Å²) < 4.78 is 0. The molecule has 1 saturated heterocycles. The zero-order valence-corrected chi connectivity index (χ0v) is 12.8. The van der Waals surface area contributed by atoms with Crippen molar-refractivity contribution in [1.29, 1.82) is 0 Å². The number of benzene rings is 1. The minimum Gasteiger partial charge on any atom is -0.399 e. The number of anilines is 2. The van der Waals surface area contributed by atoms with Gasteiger partial charge in [-0.05, 0) is 43.5 Å². The summed E-state index contributed by atoms with van der Waals surface area (Å²) in [7, 11) is 0. The highest BCUT2D eigenvalue weighted by Gasteiger charge is 2.24. The number of nitrogens with two attached hydrogens (primary N) is 1. The Hall–Kier alpha value is -1.59. The molecule has 0 spiro atoms. The molecule has 0 saturated carbocycles. The fourth-order valence-electron chi connectivity index (χ4n) is 2.56. The first kappa shape index (κ1) is 15.8. The van der Waals surface area contributed by atoms with E-state index in [2.05, 4.69) is 17.1 Å². The third-order valence-electron chi connectivity index (χ3n) is 4.19. The highest BCUT2D eigenvalue weighted by atomic mass is 16.3. The number of β-amino-alcohol motifs (C(OH)–C–C–N with tert-alkyl or cyclic N) is 1. The van der Waals surface area contributed by atoms with Crippen LogP contribution in [0.4, 0.5) is 11.4 Å². The van der Waals surface area contributed by atoms with Crippen molar-refractivity contribution in [2.45, 2.75) is 32.8 Å². The number of rotatable bonds is 4. The summed E-state index contributed by atoms with van der Waals surface area (Å²) in [6.07, 6.45) is 1.13. The Kier molecular flexibility index (Phi) is 5.20. The van der Waals surface area contributed by atoms with Crippen LogP contribution in [0, 0.1) is 12.8 Å². The van der Waals surface area contributed by atoms with Crippen LogP contribution >= 0.6 is 0 Å². The highest BCUT2D eigenvalue weighted by molar-refractivity contribution is 5.92. The molecule has 5 heteroatoms. The van der Waals surface area contributed by atoms with E-state index in [-0.39, 0.29) is 12.0 Å². The van der Waals surface area contributed by atoms with Crippen molar-refractivity contribution in [2.24, 2.45) is 5.92 Å². The monoisotopic (exact) mass is 291 g/mol. The summed E-state index contributed by atoms with van der Waals surface area (Å²) in [6.45, 7) is 6.29. The first-order valence-electron chi connectivity index (χ1n) is 7.52. The number of piperidine rings is 1. The number of likely N-dealkylation sites (tertiary alicyclic amines) is 1. The molecule has 2 atom stereocenters. The topological polar surface area (TPSA) is 78.6 Å². The summed E-state index contributed by atoms with van der Waals surface area (Å²) in [4.78, 5) is 14.2. The second kappa shape index (κ2) is 6.91. The minimum absolute atomic E-state index is 0.0168. The zero-order valence-electron chi connectivity index (χ0n) is 12.8. The van der Waals surface area contributed by atoms with Gasteiger partial charge in [-0.3, -0.25) is 4.79 Å². The van der Waals surface area contributed by atoms with Crippen molar-refractivity contribution >= 4 is 17.3 Å². The van der Waals surface area contributed by atoms with Gasteiger partial charge in [0.1, 0.15) is 0 Å². The minimum atomic E-state index is -0.280. The Morgan fingerprint density at radius 1 is 1.52 bits per heavy atom. The molecule has 1 aromatic carbocycles. The summed E-state index contributed by atoms with van der Waals surface area (Å²) in [5.41, 5.74) is 8.15. The molecule has 0 bridgehead atoms. The van der Waals surface area contributed by atoms with E-state index in [1.807, 2.05) is 19.1 Å². The van der Waals surface area contributed by atoms with Crippen LogP contribution < -0.4 is 11.1 Å². The van der Waals surface area contributed by atoms with Gasteiger partial charge in [-0.1, -0.05) is 13.0 Å². The highest BCUT2D eigenvalue weighted by Crippen LogP contribution is 2.19. The van der Waals surface area contributed by atoms with E-state index in [0.717, 1.165) is 24.2 Å². The van der Waals surface area contributed by atoms with Gasteiger partial charge in [-0.2, -0.15) is 0 Å². The number of amides is 1. The van der Waals surface area contributed by atoms with Gasteiger partial charge in [0.15, 0.2) is 0 Å². The van der Waals surface area contributed by atoms with Crippen LogP contribution in [-0.2, 0) is 4.79 Å². The van der Waals surface area contributed by atoms with Crippen molar-refractivity contribution in [1.82, 2.24) is 4.90 Å². The second-order valence-electron chi connectivity index (χ2n) is 6.01. The van der Waals surface area contributed by atoms with Crippen LogP contribution in [0.3, 0.4) is 0 Å². The molecule has 2 unspecified atom stereocenters. The van der Waals surface area contributed by atoms with Crippen LogP contribution in [0.1, 0.15) is 25.3 Å². The molecule has 1 amide bonds. The molecule has 0 aliphatic carbocycles. The predicted octanol–water partition coefficient (Wildman–Crippen LogP) is 1.61. The summed E-state index contributed by atoms with van der Waals surface area (Å²) >= 11 is 0. The third kappa shape index (κ3) is 4.44.